The van der Waals surface area contributed by atoms with Crippen molar-refractivity contribution in [3.63, 3.8) is 0 Å². The second-order valence-corrected chi connectivity index (χ2v) is 6.69. The summed E-state index contributed by atoms with van der Waals surface area (Å²) in [7, 11) is 1.67. The normalized spacial score (nSPS) is 10.7. The number of rotatable bonds is 8. The van der Waals surface area contributed by atoms with Gasteiger partial charge < -0.3 is 15.4 Å². The van der Waals surface area contributed by atoms with Crippen LogP contribution in [-0.4, -0.2) is 49.0 Å². The van der Waals surface area contributed by atoms with Crippen LogP contribution < -0.4 is 10.6 Å². The van der Waals surface area contributed by atoms with Gasteiger partial charge in [-0.25, -0.2) is 4.68 Å². The molecule has 0 fully saturated rings. The summed E-state index contributed by atoms with van der Waals surface area (Å²) in [4.78, 5) is 14.1. The third-order valence-electron chi connectivity index (χ3n) is 3.84. The number of methoxy groups -OCH3 is 1. The molecule has 0 saturated carbocycles. The van der Waals surface area contributed by atoms with Crippen LogP contribution in [-0.2, 0) is 4.74 Å². The predicted molar refractivity (Wildman–Crippen MR) is 108 cm³/mol. The summed E-state index contributed by atoms with van der Waals surface area (Å²) in [6.45, 7) is 4.72. The van der Waals surface area contributed by atoms with Crippen molar-refractivity contribution in [3.8, 4) is 5.69 Å². The molecule has 0 radical (unpaired) electrons. The van der Waals surface area contributed by atoms with Crippen LogP contribution in [0, 0.1) is 6.92 Å². The number of halogens is 1. The molecule has 3 aromatic rings. The summed E-state index contributed by atoms with van der Waals surface area (Å²) in [5.41, 5.74) is 1.92. The lowest BCUT2D eigenvalue weighted by atomic mass is 10.3. The number of amides is 1. The van der Waals surface area contributed by atoms with E-state index in [1.54, 1.807) is 7.11 Å². The number of hydrogen-bond donors (Lipinski definition) is 2. The molecule has 2 N–H and O–H groups in total. The molecular formula is C18H23ClN4O2S. The Morgan fingerprint density at radius 2 is 2.00 bits per heavy atom. The SMILES string of the molecule is COCCNCCNC(=O)c1cc2c(C)nn(-c3ccccc3)c2s1.Cl. The number of fused-ring (bicyclic) bond motifs is 1. The Morgan fingerprint density at radius 3 is 2.73 bits per heavy atom. The van der Waals surface area contributed by atoms with E-state index in [0.29, 0.717) is 18.0 Å². The third-order valence-corrected chi connectivity index (χ3v) is 4.95. The van der Waals surface area contributed by atoms with Crippen LogP contribution in [0.3, 0.4) is 0 Å². The maximum Gasteiger partial charge on any atom is 0.261 e. The lowest BCUT2D eigenvalue weighted by molar-refractivity contribution is 0.0958. The molecule has 140 valence electrons. The van der Waals surface area contributed by atoms with E-state index in [1.165, 1.54) is 11.3 Å². The summed E-state index contributed by atoms with van der Waals surface area (Å²) in [5, 5.41) is 11.8. The fourth-order valence-electron chi connectivity index (χ4n) is 2.55. The number of aromatic nitrogens is 2. The first-order valence-corrected chi connectivity index (χ1v) is 9.05. The topological polar surface area (TPSA) is 68.2 Å². The van der Waals surface area contributed by atoms with Crippen LogP contribution in [0.4, 0.5) is 0 Å². The van der Waals surface area contributed by atoms with Crippen LogP contribution in [0.15, 0.2) is 36.4 Å². The molecule has 1 aromatic carbocycles. The minimum Gasteiger partial charge on any atom is -0.383 e. The average Bonchev–Trinajstić information content (AvgIpc) is 3.19. The van der Waals surface area contributed by atoms with E-state index in [0.717, 1.165) is 34.7 Å². The van der Waals surface area contributed by atoms with Crippen molar-refractivity contribution in [3.05, 3.63) is 47.0 Å². The van der Waals surface area contributed by atoms with Crippen LogP contribution in [0.5, 0.6) is 0 Å². The molecule has 0 spiro atoms. The van der Waals surface area contributed by atoms with Gasteiger partial charge in [0.1, 0.15) is 4.83 Å². The first kappa shape index (κ1) is 20.4. The highest BCUT2D eigenvalue weighted by atomic mass is 35.5. The summed E-state index contributed by atoms with van der Waals surface area (Å²) in [6, 6.07) is 11.9. The van der Waals surface area contributed by atoms with E-state index >= 15 is 0 Å². The summed E-state index contributed by atoms with van der Waals surface area (Å²) < 4.78 is 6.87. The van der Waals surface area contributed by atoms with Gasteiger partial charge in [-0.05, 0) is 25.1 Å². The number of carbonyl (C=O) groups is 1. The summed E-state index contributed by atoms with van der Waals surface area (Å²) in [6.07, 6.45) is 0. The number of nitrogens with zero attached hydrogens (tertiary/aromatic N) is 2. The number of benzene rings is 1. The largest absolute Gasteiger partial charge is 0.383 e. The lowest BCUT2D eigenvalue weighted by Crippen LogP contribution is -2.32. The molecule has 0 aliphatic carbocycles. The van der Waals surface area contributed by atoms with Gasteiger partial charge in [0.2, 0.25) is 0 Å². The number of nitrogens with one attached hydrogen (secondary N) is 2. The fourth-order valence-corrected chi connectivity index (χ4v) is 3.65. The standard InChI is InChI=1S/C18H22N4O2S.ClH/c1-13-15-12-16(17(23)20-9-8-19-10-11-24-2)25-18(15)22(21-13)14-6-4-3-5-7-14;/h3-7,12,19H,8-11H2,1-2H3,(H,20,23);1H. The second kappa shape index (κ2) is 9.68. The Hall–Kier alpha value is -1.93. The molecule has 26 heavy (non-hydrogen) atoms. The Kier molecular flexibility index (Phi) is 7.59. The van der Waals surface area contributed by atoms with Crippen molar-refractivity contribution >= 4 is 39.9 Å². The molecule has 0 saturated heterocycles. The van der Waals surface area contributed by atoms with E-state index in [-0.39, 0.29) is 18.3 Å². The van der Waals surface area contributed by atoms with Gasteiger partial charge in [-0.2, -0.15) is 5.10 Å². The number of carbonyl (C=O) groups excluding carboxylic acids is 1. The molecule has 2 heterocycles. The van der Waals surface area contributed by atoms with Crippen LogP contribution in [0.1, 0.15) is 15.4 Å². The van der Waals surface area contributed by atoms with Gasteiger partial charge >= 0.3 is 0 Å². The number of para-hydroxylation sites is 1. The molecule has 3 rings (SSSR count). The minimum atomic E-state index is -0.0475. The maximum atomic E-state index is 12.4. The molecule has 8 heteroatoms. The Labute approximate surface area is 163 Å². The average molecular weight is 395 g/mol. The van der Waals surface area contributed by atoms with E-state index in [1.807, 2.05) is 48.0 Å². The van der Waals surface area contributed by atoms with Gasteiger partial charge in [-0.1, -0.05) is 18.2 Å². The van der Waals surface area contributed by atoms with E-state index in [2.05, 4.69) is 15.7 Å². The van der Waals surface area contributed by atoms with Gasteiger partial charge in [0.25, 0.3) is 5.91 Å². The van der Waals surface area contributed by atoms with Crippen molar-refractivity contribution in [1.82, 2.24) is 20.4 Å². The minimum absolute atomic E-state index is 0. The fraction of sp³-hybridized carbons (Fsp3) is 0.333. The third kappa shape index (κ3) is 4.62. The van der Waals surface area contributed by atoms with Gasteiger partial charge in [0.15, 0.2) is 0 Å². The summed E-state index contributed by atoms with van der Waals surface area (Å²) in [5.74, 6) is -0.0475. The van der Waals surface area contributed by atoms with Crippen molar-refractivity contribution < 1.29 is 9.53 Å². The zero-order chi connectivity index (χ0) is 17.6. The molecule has 0 aliphatic rings. The van der Waals surface area contributed by atoms with Crippen molar-refractivity contribution in [1.29, 1.82) is 0 Å². The van der Waals surface area contributed by atoms with Gasteiger partial charge in [-0.15, -0.1) is 23.7 Å². The zero-order valence-electron chi connectivity index (χ0n) is 14.8. The molecule has 0 bridgehead atoms. The Bertz CT molecular complexity index is 848. The highest BCUT2D eigenvalue weighted by Gasteiger charge is 2.16. The van der Waals surface area contributed by atoms with Crippen LogP contribution >= 0.6 is 23.7 Å². The van der Waals surface area contributed by atoms with Crippen molar-refractivity contribution in [2.75, 3.05) is 33.4 Å². The zero-order valence-corrected chi connectivity index (χ0v) is 16.5. The first-order valence-electron chi connectivity index (χ1n) is 8.23. The molecule has 2 aromatic heterocycles. The van der Waals surface area contributed by atoms with Crippen LogP contribution in [0.25, 0.3) is 15.9 Å². The highest BCUT2D eigenvalue weighted by Crippen LogP contribution is 2.30. The highest BCUT2D eigenvalue weighted by molar-refractivity contribution is 7.20. The number of hydrogen-bond acceptors (Lipinski definition) is 5. The van der Waals surface area contributed by atoms with E-state index < -0.39 is 0 Å². The summed E-state index contributed by atoms with van der Waals surface area (Å²) >= 11 is 1.47. The Balaban J connectivity index is 0.00000243. The number of aryl methyl sites for hydroxylation is 1. The molecule has 0 aliphatic heterocycles. The van der Waals surface area contributed by atoms with Crippen LogP contribution in [0.2, 0.25) is 0 Å². The smallest absolute Gasteiger partial charge is 0.261 e. The van der Waals surface area contributed by atoms with Crippen molar-refractivity contribution in [2.24, 2.45) is 0 Å². The number of ether oxygens (including phenoxy) is 1. The van der Waals surface area contributed by atoms with E-state index in [4.69, 9.17) is 4.74 Å². The molecule has 0 atom stereocenters. The predicted octanol–water partition coefficient (Wildman–Crippen LogP) is 2.78. The Morgan fingerprint density at radius 1 is 1.23 bits per heavy atom. The maximum absolute atomic E-state index is 12.4. The monoisotopic (exact) mass is 394 g/mol. The molecule has 1 amide bonds. The lowest BCUT2D eigenvalue weighted by Gasteiger charge is -2.05. The quantitative estimate of drug-likeness (QED) is 0.576. The molecule has 6 nitrogen and oxygen atoms in total. The second-order valence-electron chi connectivity index (χ2n) is 5.66. The van der Waals surface area contributed by atoms with E-state index in [9.17, 15) is 4.79 Å². The van der Waals surface area contributed by atoms with Gasteiger partial charge in [0, 0.05) is 32.1 Å². The van der Waals surface area contributed by atoms with Gasteiger partial charge in [-0.3, -0.25) is 4.79 Å². The molecule has 0 unspecified atom stereocenters. The molecular weight excluding hydrogens is 372 g/mol. The van der Waals surface area contributed by atoms with Gasteiger partial charge in [0.05, 0.1) is 22.9 Å². The first-order chi connectivity index (χ1) is 12.2. The van der Waals surface area contributed by atoms with Crippen molar-refractivity contribution in [2.45, 2.75) is 6.92 Å². The number of thiophene rings is 1.